The molecule has 0 saturated heterocycles. The predicted octanol–water partition coefficient (Wildman–Crippen LogP) is 2.70. The second-order valence-corrected chi connectivity index (χ2v) is 5.90. The molecule has 0 amide bonds. The van der Waals surface area contributed by atoms with Crippen molar-refractivity contribution in [1.82, 2.24) is 10.1 Å². The van der Waals surface area contributed by atoms with E-state index >= 15 is 0 Å². The van der Waals surface area contributed by atoms with Crippen LogP contribution in [0.5, 0.6) is 0 Å². The summed E-state index contributed by atoms with van der Waals surface area (Å²) in [5, 5.41) is 13.0. The van der Waals surface area contributed by atoms with Gasteiger partial charge in [0, 0.05) is 11.5 Å². The van der Waals surface area contributed by atoms with Crippen LogP contribution in [0.25, 0.3) is 0 Å². The topological polar surface area (TPSA) is 85.2 Å². The molecule has 0 saturated carbocycles. The average molecular weight is 366 g/mol. The molecule has 1 aromatic carbocycles. The molecule has 2 rings (SSSR count). The van der Waals surface area contributed by atoms with E-state index in [1.54, 1.807) is 19.9 Å². The Morgan fingerprint density at radius 1 is 1.29 bits per heavy atom. The Morgan fingerprint density at radius 2 is 1.96 bits per heavy atom. The van der Waals surface area contributed by atoms with Crippen LogP contribution < -0.4 is 5.73 Å². The maximum absolute atomic E-state index is 12.7. The molecule has 0 bridgehead atoms. The lowest BCUT2D eigenvalue weighted by molar-refractivity contribution is -0.137. The van der Waals surface area contributed by atoms with Crippen molar-refractivity contribution in [3.05, 3.63) is 47.1 Å². The summed E-state index contributed by atoms with van der Waals surface area (Å²) in [6.07, 6.45) is -4.31. The monoisotopic (exact) mass is 365 g/mol. The molecule has 5 nitrogen and oxygen atoms in total. The highest BCUT2D eigenvalue weighted by Gasteiger charge is 2.33. The molecule has 1 atom stereocenters. The molecule has 0 fully saturated rings. The van der Waals surface area contributed by atoms with E-state index in [2.05, 4.69) is 10.1 Å². The number of aliphatic hydroxyl groups is 1. The zero-order valence-electron chi connectivity index (χ0n) is 13.2. The quantitative estimate of drug-likeness (QED) is 0.851. The summed E-state index contributed by atoms with van der Waals surface area (Å²) >= 11 is 0. The van der Waals surface area contributed by atoms with Crippen LogP contribution in [0.2, 0.25) is 0 Å². The second kappa shape index (κ2) is 7.50. The number of aliphatic hydroxyl groups excluding tert-OH is 1. The molecule has 0 aliphatic carbocycles. The first-order chi connectivity index (χ1) is 10.6. The van der Waals surface area contributed by atoms with Crippen LogP contribution in [0.4, 0.5) is 13.2 Å². The number of nitrogens with two attached hydrogens (primary N) is 1. The van der Waals surface area contributed by atoms with Crippen molar-refractivity contribution in [2.45, 2.75) is 37.9 Å². The van der Waals surface area contributed by atoms with Crippen molar-refractivity contribution in [3.8, 4) is 0 Å². The molecular weight excluding hydrogens is 347 g/mol. The van der Waals surface area contributed by atoms with Crippen molar-refractivity contribution in [3.63, 3.8) is 0 Å². The fourth-order valence-electron chi connectivity index (χ4n) is 2.01. The first kappa shape index (κ1) is 20.4. The highest BCUT2D eigenvalue weighted by Crippen LogP contribution is 2.30. The zero-order chi connectivity index (χ0) is 17.3. The van der Waals surface area contributed by atoms with E-state index in [4.69, 9.17) is 15.4 Å². The lowest BCUT2D eigenvalue weighted by atomic mass is 9.84. The number of hydrogen-bond donors (Lipinski definition) is 2. The van der Waals surface area contributed by atoms with Gasteiger partial charge in [-0.05, 0) is 11.6 Å². The third kappa shape index (κ3) is 4.46. The molecule has 24 heavy (non-hydrogen) atoms. The number of rotatable bonds is 5. The third-order valence-electron chi connectivity index (χ3n) is 3.78. The van der Waals surface area contributed by atoms with Gasteiger partial charge in [0.2, 0.25) is 5.89 Å². The lowest BCUT2D eigenvalue weighted by Gasteiger charge is -2.26. The normalized spacial score (nSPS) is 13.5. The fraction of sp³-hybridized carbons (Fsp3) is 0.467. The number of benzene rings is 1. The van der Waals surface area contributed by atoms with E-state index in [0.717, 1.165) is 12.1 Å². The number of alkyl halides is 3. The number of nitrogens with zero attached hydrogens (tertiary/aromatic N) is 2. The molecule has 1 heterocycles. The summed E-state index contributed by atoms with van der Waals surface area (Å²) in [6.45, 7) is 3.27. The molecule has 3 N–H and O–H groups in total. The van der Waals surface area contributed by atoms with Crippen LogP contribution in [0, 0.1) is 0 Å². The standard InChI is InChI=1S/C15H18F3N3O2.ClH/c1-14(2,11(19)8-22)13-20-12(23-21-13)7-9-4-3-5-10(6-9)15(16,17)18;/h3-6,11,22H,7-8,19H2,1-2H3;1H/t11-;/m1./s1. The summed E-state index contributed by atoms with van der Waals surface area (Å²) in [7, 11) is 0. The molecular formula is C15H19ClF3N3O2. The van der Waals surface area contributed by atoms with Crippen molar-refractivity contribution in [2.75, 3.05) is 6.61 Å². The first-order valence-corrected chi connectivity index (χ1v) is 7.00. The van der Waals surface area contributed by atoms with E-state index in [0.29, 0.717) is 11.4 Å². The van der Waals surface area contributed by atoms with Gasteiger partial charge in [0.25, 0.3) is 0 Å². The molecule has 2 aromatic rings. The minimum absolute atomic E-state index is 0. The average Bonchev–Trinajstić information content (AvgIpc) is 2.95. The summed E-state index contributed by atoms with van der Waals surface area (Å²) in [6, 6.07) is 4.37. The van der Waals surface area contributed by atoms with Crippen LogP contribution in [-0.2, 0) is 18.0 Å². The minimum Gasteiger partial charge on any atom is -0.395 e. The Morgan fingerprint density at radius 3 is 2.54 bits per heavy atom. The number of halogens is 4. The summed E-state index contributed by atoms with van der Waals surface area (Å²) < 4.78 is 43.2. The van der Waals surface area contributed by atoms with Crippen LogP contribution in [0.15, 0.2) is 28.8 Å². The number of aromatic nitrogens is 2. The molecule has 0 unspecified atom stereocenters. The smallest absolute Gasteiger partial charge is 0.395 e. The van der Waals surface area contributed by atoms with Gasteiger partial charge in [0.05, 0.1) is 18.6 Å². The molecule has 9 heteroatoms. The van der Waals surface area contributed by atoms with Gasteiger partial charge in [-0.25, -0.2) is 0 Å². The van der Waals surface area contributed by atoms with Gasteiger partial charge in [-0.2, -0.15) is 18.2 Å². The maximum Gasteiger partial charge on any atom is 0.416 e. The molecule has 0 radical (unpaired) electrons. The molecule has 0 spiro atoms. The fourth-order valence-corrected chi connectivity index (χ4v) is 2.01. The molecule has 0 aliphatic rings. The van der Waals surface area contributed by atoms with E-state index in [9.17, 15) is 13.2 Å². The van der Waals surface area contributed by atoms with Crippen molar-refractivity contribution >= 4 is 12.4 Å². The Labute approximate surface area is 143 Å². The van der Waals surface area contributed by atoms with Crippen molar-refractivity contribution in [2.24, 2.45) is 5.73 Å². The Hall–Kier alpha value is -1.64. The zero-order valence-corrected chi connectivity index (χ0v) is 14.0. The highest BCUT2D eigenvalue weighted by atomic mass is 35.5. The van der Waals surface area contributed by atoms with Gasteiger partial charge >= 0.3 is 6.18 Å². The summed E-state index contributed by atoms with van der Waals surface area (Å²) in [5.41, 5.74) is 4.79. The molecule has 134 valence electrons. The second-order valence-electron chi connectivity index (χ2n) is 5.90. The summed E-state index contributed by atoms with van der Waals surface area (Å²) in [4.78, 5) is 4.19. The van der Waals surface area contributed by atoms with Crippen LogP contribution >= 0.6 is 12.4 Å². The van der Waals surface area contributed by atoms with Gasteiger partial charge < -0.3 is 15.4 Å². The van der Waals surface area contributed by atoms with Gasteiger partial charge in [0.1, 0.15) is 0 Å². The van der Waals surface area contributed by atoms with Gasteiger partial charge in [0.15, 0.2) is 5.82 Å². The molecule has 0 aliphatic heterocycles. The Bertz CT molecular complexity index is 674. The van der Waals surface area contributed by atoms with E-state index in [-0.39, 0.29) is 31.3 Å². The van der Waals surface area contributed by atoms with E-state index < -0.39 is 23.2 Å². The SMILES string of the molecule is CC(C)(c1noc(Cc2cccc(C(F)(F)F)c2)n1)[C@H](N)CO.Cl. The van der Waals surface area contributed by atoms with Gasteiger partial charge in [-0.3, -0.25) is 0 Å². The van der Waals surface area contributed by atoms with Crippen molar-refractivity contribution in [1.29, 1.82) is 0 Å². The minimum atomic E-state index is -4.40. The van der Waals surface area contributed by atoms with Gasteiger partial charge in [-0.1, -0.05) is 37.2 Å². The largest absolute Gasteiger partial charge is 0.416 e. The van der Waals surface area contributed by atoms with Crippen LogP contribution in [0.3, 0.4) is 0 Å². The molecule has 1 aromatic heterocycles. The van der Waals surface area contributed by atoms with E-state index in [1.165, 1.54) is 6.07 Å². The van der Waals surface area contributed by atoms with E-state index in [1.807, 2.05) is 0 Å². The highest BCUT2D eigenvalue weighted by molar-refractivity contribution is 5.85. The Balaban J connectivity index is 0.00000288. The Kier molecular flexibility index (Phi) is 6.38. The van der Waals surface area contributed by atoms with Gasteiger partial charge in [-0.15, -0.1) is 12.4 Å². The third-order valence-corrected chi connectivity index (χ3v) is 3.78. The predicted molar refractivity (Wildman–Crippen MR) is 83.9 cm³/mol. The first-order valence-electron chi connectivity index (χ1n) is 7.00. The number of hydrogen-bond acceptors (Lipinski definition) is 5. The lowest BCUT2D eigenvalue weighted by Crippen LogP contribution is -2.44. The maximum atomic E-state index is 12.7. The van der Waals surface area contributed by atoms with Crippen LogP contribution in [0.1, 0.15) is 36.7 Å². The summed E-state index contributed by atoms with van der Waals surface area (Å²) in [5.74, 6) is 0.499. The van der Waals surface area contributed by atoms with Crippen LogP contribution in [-0.4, -0.2) is 27.9 Å². The van der Waals surface area contributed by atoms with Crippen molar-refractivity contribution < 1.29 is 22.8 Å².